The monoisotopic (exact) mass is 261 g/mol. The summed E-state index contributed by atoms with van der Waals surface area (Å²) in [7, 11) is 0. The molecule has 3 heterocycles. The highest BCUT2D eigenvalue weighted by molar-refractivity contribution is 5.84. The molecule has 3 N–H and O–H groups in total. The second-order valence-electron chi connectivity index (χ2n) is 4.69. The summed E-state index contributed by atoms with van der Waals surface area (Å²) in [5, 5.41) is 3.32. The van der Waals surface area contributed by atoms with Gasteiger partial charge in [-0.25, -0.2) is 4.98 Å². The number of hydrogen-bond acceptors (Lipinski definition) is 7. The molecular weight excluding hydrogens is 248 g/mol. The Balaban J connectivity index is 1.80. The maximum atomic E-state index is 5.76. The summed E-state index contributed by atoms with van der Waals surface area (Å²) < 4.78 is 12.2. The standard InChI is InChI=1S/C11H13N6O2/c12-11-15-9(14-6-1-2-6)8-10(16-11)17(4-13-8)7-3-18-5-19-7/h4-7H,1-3H2,(H3,12,14,15,16)/t7-/m1/s1. The Kier molecular flexibility index (Phi) is 2.32. The molecular formula is C11H13N6O2. The minimum absolute atomic E-state index is 0.222. The van der Waals surface area contributed by atoms with E-state index in [9.17, 15) is 0 Å². The van der Waals surface area contributed by atoms with Crippen LogP contribution in [0.25, 0.3) is 11.2 Å². The fourth-order valence-corrected chi connectivity index (χ4v) is 2.08. The average Bonchev–Trinajstić information content (AvgIpc) is 2.91. The van der Waals surface area contributed by atoms with E-state index in [-0.39, 0.29) is 12.2 Å². The summed E-state index contributed by atoms with van der Waals surface area (Å²) in [6.07, 6.45) is 3.72. The highest BCUT2D eigenvalue weighted by Gasteiger charge is 2.26. The van der Waals surface area contributed by atoms with Crippen LogP contribution in [-0.4, -0.2) is 32.2 Å². The van der Waals surface area contributed by atoms with Crippen LogP contribution in [0, 0.1) is 6.79 Å². The van der Waals surface area contributed by atoms with Gasteiger partial charge in [0.05, 0.1) is 12.9 Å². The highest BCUT2D eigenvalue weighted by atomic mass is 16.7. The quantitative estimate of drug-likeness (QED) is 0.836. The minimum Gasteiger partial charge on any atom is -0.368 e. The summed E-state index contributed by atoms with van der Waals surface area (Å²) >= 11 is 0. The SMILES string of the molecule is Nc1nc(NC2CC2)c2ncn([C@H]3CO[CH]O3)c2n1. The van der Waals surface area contributed by atoms with E-state index in [1.807, 2.05) is 0 Å². The normalized spacial score (nSPS) is 23.1. The van der Waals surface area contributed by atoms with Gasteiger partial charge in [-0.05, 0) is 12.8 Å². The van der Waals surface area contributed by atoms with Crippen molar-refractivity contribution in [1.82, 2.24) is 19.5 Å². The van der Waals surface area contributed by atoms with Gasteiger partial charge in [0.2, 0.25) is 12.7 Å². The molecule has 8 heteroatoms. The van der Waals surface area contributed by atoms with Crippen molar-refractivity contribution in [2.45, 2.75) is 25.1 Å². The zero-order valence-electron chi connectivity index (χ0n) is 10.1. The molecule has 99 valence electrons. The molecule has 1 aliphatic carbocycles. The maximum absolute atomic E-state index is 5.76. The Morgan fingerprint density at radius 3 is 3.00 bits per heavy atom. The lowest BCUT2D eigenvalue weighted by atomic mass is 10.4. The molecule has 0 amide bonds. The molecule has 2 aliphatic rings. The number of ether oxygens (including phenoxy) is 2. The van der Waals surface area contributed by atoms with Gasteiger partial charge in [-0.3, -0.25) is 4.57 Å². The van der Waals surface area contributed by atoms with Crippen LogP contribution in [0.2, 0.25) is 0 Å². The first kappa shape index (κ1) is 10.9. The van der Waals surface area contributed by atoms with Crippen LogP contribution in [0.15, 0.2) is 6.33 Å². The Morgan fingerprint density at radius 2 is 2.26 bits per heavy atom. The number of imidazole rings is 1. The summed E-state index contributed by atoms with van der Waals surface area (Å²) in [6, 6.07) is 0.474. The van der Waals surface area contributed by atoms with Crippen LogP contribution in [0.1, 0.15) is 19.1 Å². The number of rotatable bonds is 3. The molecule has 0 bridgehead atoms. The van der Waals surface area contributed by atoms with Gasteiger partial charge in [-0.1, -0.05) is 0 Å². The molecule has 1 radical (unpaired) electrons. The fraction of sp³-hybridized carbons (Fsp3) is 0.455. The molecule has 0 aromatic carbocycles. The van der Waals surface area contributed by atoms with Gasteiger partial charge < -0.3 is 20.5 Å². The zero-order chi connectivity index (χ0) is 12.8. The number of nitrogens with one attached hydrogen (secondary N) is 1. The summed E-state index contributed by atoms with van der Waals surface area (Å²) in [6.45, 7) is 1.76. The smallest absolute Gasteiger partial charge is 0.224 e. The van der Waals surface area contributed by atoms with E-state index in [1.165, 1.54) is 6.79 Å². The average molecular weight is 261 g/mol. The first-order chi connectivity index (χ1) is 9.31. The third-order valence-corrected chi connectivity index (χ3v) is 3.19. The number of aromatic nitrogens is 4. The van der Waals surface area contributed by atoms with Gasteiger partial charge in [0.25, 0.3) is 0 Å². The van der Waals surface area contributed by atoms with Gasteiger partial charge in [0, 0.05) is 6.04 Å². The van der Waals surface area contributed by atoms with Crippen molar-refractivity contribution in [3.05, 3.63) is 13.1 Å². The van der Waals surface area contributed by atoms with E-state index in [0.29, 0.717) is 29.6 Å². The van der Waals surface area contributed by atoms with Gasteiger partial charge in [-0.15, -0.1) is 0 Å². The molecule has 4 rings (SSSR count). The maximum Gasteiger partial charge on any atom is 0.224 e. The zero-order valence-corrected chi connectivity index (χ0v) is 10.1. The Labute approximate surface area is 108 Å². The van der Waals surface area contributed by atoms with Gasteiger partial charge >= 0.3 is 0 Å². The second kappa shape index (κ2) is 4.04. The molecule has 8 nitrogen and oxygen atoms in total. The van der Waals surface area contributed by atoms with Crippen molar-refractivity contribution in [2.75, 3.05) is 17.7 Å². The molecule has 1 saturated heterocycles. The van der Waals surface area contributed by atoms with Crippen LogP contribution >= 0.6 is 0 Å². The van der Waals surface area contributed by atoms with Crippen LogP contribution in [0.4, 0.5) is 11.8 Å². The number of hydrogen-bond donors (Lipinski definition) is 2. The molecule has 0 spiro atoms. The fourth-order valence-electron chi connectivity index (χ4n) is 2.08. The van der Waals surface area contributed by atoms with E-state index >= 15 is 0 Å². The van der Waals surface area contributed by atoms with Crippen molar-refractivity contribution in [3.8, 4) is 0 Å². The second-order valence-corrected chi connectivity index (χ2v) is 4.69. The largest absolute Gasteiger partial charge is 0.368 e. The Hall–Kier alpha value is -1.93. The Bertz CT molecular complexity index is 617. The lowest BCUT2D eigenvalue weighted by molar-refractivity contribution is 0.0912. The third kappa shape index (κ3) is 1.89. The van der Waals surface area contributed by atoms with Crippen LogP contribution in [0.5, 0.6) is 0 Å². The molecule has 19 heavy (non-hydrogen) atoms. The van der Waals surface area contributed by atoms with E-state index in [4.69, 9.17) is 15.2 Å². The van der Waals surface area contributed by atoms with Crippen LogP contribution in [0.3, 0.4) is 0 Å². The van der Waals surface area contributed by atoms with Gasteiger partial charge in [0.15, 0.2) is 23.2 Å². The summed E-state index contributed by atoms with van der Waals surface area (Å²) in [5.74, 6) is 0.909. The molecule has 2 fully saturated rings. The predicted octanol–water partition coefficient (Wildman–Crippen LogP) is 0.647. The topological polar surface area (TPSA) is 100 Å². The predicted molar refractivity (Wildman–Crippen MR) is 66.8 cm³/mol. The van der Waals surface area contributed by atoms with E-state index in [2.05, 4.69) is 20.3 Å². The van der Waals surface area contributed by atoms with Crippen LogP contribution < -0.4 is 11.1 Å². The minimum atomic E-state index is -0.256. The van der Waals surface area contributed by atoms with E-state index in [0.717, 1.165) is 12.8 Å². The number of anilines is 2. The number of nitrogen functional groups attached to an aromatic ring is 1. The molecule has 1 saturated carbocycles. The molecule has 1 aliphatic heterocycles. The third-order valence-electron chi connectivity index (χ3n) is 3.19. The Morgan fingerprint density at radius 1 is 1.37 bits per heavy atom. The first-order valence-electron chi connectivity index (χ1n) is 6.16. The molecule has 2 aromatic heterocycles. The van der Waals surface area contributed by atoms with E-state index in [1.54, 1.807) is 10.9 Å². The van der Waals surface area contributed by atoms with Crippen molar-refractivity contribution in [3.63, 3.8) is 0 Å². The summed E-state index contributed by atoms with van der Waals surface area (Å²) in [5.41, 5.74) is 7.12. The number of nitrogens with two attached hydrogens (primary N) is 1. The van der Waals surface area contributed by atoms with Crippen molar-refractivity contribution in [1.29, 1.82) is 0 Å². The molecule has 2 aromatic rings. The van der Waals surface area contributed by atoms with Crippen molar-refractivity contribution in [2.24, 2.45) is 0 Å². The van der Waals surface area contributed by atoms with Gasteiger partial charge in [-0.2, -0.15) is 9.97 Å². The molecule has 0 unspecified atom stereocenters. The van der Waals surface area contributed by atoms with Crippen molar-refractivity contribution >= 4 is 22.9 Å². The van der Waals surface area contributed by atoms with Gasteiger partial charge in [0.1, 0.15) is 0 Å². The highest BCUT2D eigenvalue weighted by Crippen LogP contribution is 2.29. The lowest BCUT2D eigenvalue weighted by Gasteiger charge is -2.10. The molecule has 1 atom stereocenters. The summed E-state index contributed by atoms with van der Waals surface area (Å²) in [4.78, 5) is 12.8. The van der Waals surface area contributed by atoms with E-state index < -0.39 is 0 Å². The van der Waals surface area contributed by atoms with Crippen LogP contribution in [-0.2, 0) is 9.47 Å². The van der Waals surface area contributed by atoms with Crippen molar-refractivity contribution < 1.29 is 9.47 Å². The number of fused-ring (bicyclic) bond motifs is 1. The number of nitrogens with zero attached hydrogens (tertiary/aromatic N) is 4. The first-order valence-corrected chi connectivity index (χ1v) is 6.16. The lowest BCUT2D eigenvalue weighted by Crippen LogP contribution is -2.11.